The summed E-state index contributed by atoms with van der Waals surface area (Å²) in [6, 6.07) is 39.0. The van der Waals surface area contributed by atoms with Crippen molar-refractivity contribution in [3.63, 3.8) is 0 Å². The van der Waals surface area contributed by atoms with Crippen LogP contribution in [-0.4, -0.2) is 15.0 Å². The minimum absolute atomic E-state index is 0.0258. The minimum atomic E-state index is -3.49. The van der Waals surface area contributed by atoms with Crippen molar-refractivity contribution in [3.8, 4) is 44.9 Å². The number of aromatic nitrogens is 3. The Morgan fingerprint density at radius 3 is 1.48 bits per heavy atom. The van der Waals surface area contributed by atoms with Gasteiger partial charge in [0, 0.05) is 68.0 Å². The number of pyridine rings is 3. The zero-order valence-corrected chi connectivity index (χ0v) is 41.8. The van der Waals surface area contributed by atoms with E-state index in [-0.39, 0.29) is 55.8 Å². The van der Waals surface area contributed by atoms with Gasteiger partial charge in [-0.05, 0) is 154 Å². The first-order chi connectivity index (χ1) is 41.7. The monoisotopic (exact) mass is 977 g/mol. The lowest BCUT2D eigenvalue weighted by atomic mass is 9.85. The van der Waals surface area contributed by atoms with E-state index in [1.54, 1.807) is 130 Å². The average Bonchev–Trinajstić information content (AvgIpc) is 1.03. The van der Waals surface area contributed by atoms with Crippen molar-refractivity contribution in [2.45, 2.75) is 105 Å². The van der Waals surface area contributed by atoms with Gasteiger partial charge in [0.25, 0.3) is 0 Å². The maximum Gasteiger partial charge on any atom is 0.146 e. The van der Waals surface area contributed by atoms with E-state index in [4.69, 9.17) is 5.79 Å². The number of benzene rings is 6. The van der Waals surface area contributed by atoms with Crippen molar-refractivity contribution in [2.24, 2.45) is 5.41 Å². The number of para-hydroxylation sites is 1. The third kappa shape index (κ3) is 11.1. The largest absolute Gasteiger partial charge is 0.455 e. The maximum absolute atomic E-state index is 16.0. The summed E-state index contributed by atoms with van der Waals surface area (Å²) in [7, 11) is 0. The predicted molar refractivity (Wildman–Crippen MR) is 302 cm³/mol. The van der Waals surface area contributed by atoms with Gasteiger partial charge >= 0.3 is 0 Å². The molecule has 0 aliphatic heterocycles. The molecule has 10 rings (SSSR count). The number of rotatable bonds is 16. The molecule has 0 saturated heterocycles. The molecule has 0 radical (unpaired) electrons. The van der Waals surface area contributed by atoms with Crippen LogP contribution in [0.25, 0.3) is 66.8 Å². The van der Waals surface area contributed by atoms with Crippen LogP contribution in [0.5, 0.6) is 0 Å². The van der Waals surface area contributed by atoms with Gasteiger partial charge in [-0.1, -0.05) is 170 Å². The van der Waals surface area contributed by atoms with Gasteiger partial charge in [-0.25, -0.2) is 4.39 Å². The molecular weight excluding hydrogens is 894 g/mol. The van der Waals surface area contributed by atoms with Crippen LogP contribution < -0.4 is 0 Å². The third-order valence-corrected chi connectivity index (χ3v) is 12.3. The zero-order chi connectivity index (χ0) is 65.9. The molecule has 5 heteroatoms. The molecule has 4 nitrogen and oxygen atoms in total. The highest BCUT2D eigenvalue weighted by Gasteiger charge is 2.22. The van der Waals surface area contributed by atoms with Crippen molar-refractivity contribution < 1.29 is 32.1 Å². The summed E-state index contributed by atoms with van der Waals surface area (Å²) in [4.78, 5) is 13.7. The van der Waals surface area contributed by atoms with Crippen LogP contribution >= 0.6 is 0 Å². The van der Waals surface area contributed by atoms with Gasteiger partial charge in [0.2, 0.25) is 0 Å². The van der Waals surface area contributed by atoms with Crippen LogP contribution in [0.15, 0.2) is 181 Å². The third-order valence-electron chi connectivity index (χ3n) is 12.3. The second kappa shape index (κ2) is 21.3. The topological polar surface area (TPSA) is 51.8 Å². The summed E-state index contributed by atoms with van der Waals surface area (Å²) < 4.78 is 188. The second-order valence-electron chi connectivity index (χ2n) is 19.4. The minimum Gasteiger partial charge on any atom is -0.455 e. The number of nitrogens with zero attached hydrogens (tertiary/aromatic N) is 3. The molecule has 0 spiro atoms. The van der Waals surface area contributed by atoms with E-state index in [9.17, 15) is 21.9 Å². The molecule has 0 bridgehead atoms. The van der Waals surface area contributed by atoms with E-state index >= 15 is 4.39 Å². The molecule has 0 atom stereocenters. The lowest BCUT2D eigenvalue weighted by molar-refractivity contribution is 0.409. The van der Waals surface area contributed by atoms with Crippen LogP contribution in [-0.2, 0) is 44.6 Å². The van der Waals surface area contributed by atoms with Crippen LogP contribution in [0.3, 0.4) is 0 Å². The zero-order valence-electron chi connectivity index (χ0n) is 58.8. The lowest BCUT2D eigenvalue weighted by Crippen LogP contribution is -2.12. The first-order valence-electron chi connectivity index (χ1n) is 32.7. The fourth-order valence-corrected chi connectivity index (χ4v) is 8.78. The van der Waals surface area contributed by atoms with Gasteiger partial charge in [0.1, 0.15) is 17.0 Å². The SMILES string of the molecule is [2H]c1cc2c(oc3c(-c4cc(C([2H])([2H])C(C)(C)C)c(C([2H])([2H])C([2H])([2H])c5cc(C([2H])([2H])C([2H])([2H])c6cnc(-c7ccccc7)cc6C([2H])(C)C)cc(C([2H])([2H])C([2H])([2H])c6cnc(-c7ccccc7)cc6C([2H])(C)C)c5)cn4)cccc32)c(-c2ccccc2)c1F. The fraction of sp³-hybridized carbons (Fsp3) is 0.250. The number of halogens is 1. The Hall–Kier alpha value is -7.50. The molecule has 0 fully saturated rings. The molecule has 0 saturated carbocycles. The van der Waals surface area contributed by atoms with Crippen LogP contribution in [0.1, 0.15) is 134 Å². The molecule has 4 heterocycles. The summed E-state index contributed by atoms with van der Waals surface area (Å²) in [5.41, 5.74) is -2.37. The highest BCUT2D eigenvalue weighted by molar-refractivity contribution is 6.13. The number of hydrogen-bond donors (Lipinski definition) is 0. The second-order valence-corrected chi connectivity index (χ2v) is 19.4. The molecule has 366 valence electrons. The quantitative estimate of drug-likeness (QED) is 0.0968. The standard InChI is InChI=1S/C68H66FN3O/c1-44(2)59-38-62(49-18-11-8-12-19-49)70-42-53(59)30-27-47-34-46(35-48(36-47)28-31-54-43-71-63(39-60(54)45(3)4)50-20-13-9-14-21-50)26-29-52-41-72-64(37-55(52)40-68(5,6)7)58-25-17-24-56-57-32-33-61(69)65(67(57)73-66(56)58)51-22-15-10-16-23-51/h8-25,32-39,41-45H,26-31,40H2,1-7H3/i26D2,27D2,28D2,29D2,30D2,31D2,33D,40D2,44D,45D. The van der Waals surface area contributed by atoms with Crippen molar-refractivity contribution in [2.75, 3.05) is 0 Å². The molecule has 0 aliphatic carbocycles. The van der Waals surface area contributed by atoms with Crippen LogP contribution in [0.2, 0.25) is 0 Å². The molecule has 0 unspecified atom stereocenters. The summed E-state index contributed by atoms with van der Waals surface area (Å²) in [6.07, 6.45) is -19.4. The lowest BCUT2D eigenvalue weighted by Gasteiger charge is -2.21. The number of fused-ring (bicyclic) bond motifs is 3. The molecule has 0 N–H and O–H groups in total. The van der Waals surface area contributed by atoms with Gasteiger partial charge in [-0.15, -0.1) is 0 Å². The van der Waals surface area contributed by atoms with Gasteiger partial charge < -0.3 is 4.42 Å². The number of furan rings is 1. The van der Waals surface area contributed by atoms with Crippen molar-refractivity contribution in [1.29, 1.82) is 0 Å². The van der Waals surface area contributed by atoms with Crippen molar-refractivity contribution >= 4 is 21.9 Å². The highest BCUT2D eigenvalue weighted by atomic mass is 19.1. The molecule has 73 heavy (non-hydrogen) atoms. The normalized spacial score (nSPS) is 17.0. The maximum atomic E-state index is 16.0. The Bertz CT molecular complexity index is 4240. The summed E-state index contributed by atoms with van der Waals surface area (Å²) in [6.45, 7) is 10.6. The highest BCUT2D eigenvalue weighted by Crippen LogP contribution is 2.41. The Morgan fingerprint density at radius 2 is 0.973 bits per heavy atom. The van der Waals surface area contributed by atoms with Crippen molar-refractivity contribution in [1.82, 2.24) is 15.0 Å². The molecule has 6 aromatic carbocycles. The first-order valence-corrected chi connectivity index (χ1v) is 24.2. The van der Waals surface area contributed by atoms with Gasteiger partial charge in [0.05, 0.1) is 24.0 Å². The Balaban J connectivity index is 1.19. The molecule has 0 aliphatic rings. The van der Waals surface area contributed by atoms with Gasteiger partial charge in [0.15, 0.2) is 0 Å². The Morgan fingerprint density at radius 1 is 0.507 bits per heavy atom. The van der Waals surface area contributed by atoms with E-state index in [2.05, 4.69) is 15.0 Å². The fourth-order valence-electron chi connectivity index (χ4n) is 8.78. The van der Waals surface area contributed by atoms with Crippen LogP contribution in [0, 0.1) is 11.2 Å². The smallest absolute Gasteiger partial charge is 0.146 e. The Kier molecular flexibility index (Phi) is 9.50. The van der Waals surface area contributed by atoms with E-state index in [0.29, 0.717) is 38.9 Å². The molecule has 10 aromatic rings. The summed E-state index contributed by atoms with van der Waals surface area (Å²) in [5, 5.41) is 0.854. The van der Waals surface area contributed by atoms with Gasteiger partial charge in [-0.2, -0.15) is 0 Å². The summed E-state index contributed by atoms with van der Waals surface area (Å²) >= 11 is 0. The van der Waals surface area contributed by atoms with E-state index in [1.807, 2.05) is 0 Å². The molecule has 4 aromatic heterocycles. The summed E-state index contributed by atoms with van der Waals surface area (Å²) in [5.74, 6) is -4.01. The number of hydrogen-bond acceptors (Lipinski definition) is 4. The van der Waals surface area contributed by atoms with Crippen LogP contribution in [0.4, 0.5) is 4.39 Å². The Labute approximate surface area is 455 Å². The molecular formula is C68H66FN3O. The van der Waals surface area contributed by atoms with E-state index in [0.717, 1.165) is 36.8 Å². The predicted octanol–water partition coefficient (Wildman–Crippen LogP) is 17.8. The van der Waals surface area contributed by atoms with E-state index < -0.39 is 95.9 Å². The van der Waals surface area contributed by atoms with Crippen molar-refractivity contribution in [3.05, 3.63) is 232 Å². The number of aryl methyl sites for hydroxylation is 6. The first kappa shape index (κ1) is 32.5. The van der Waals surface area contributed by atoms with E-state index in [1.165, 1.54) is 52.0 Å². The van der Waals surface area contributed by atoms with Gasteiger partial charge in [-0.3, -0.25) is 15.0 Å². The average molecular weight is 977 g/mol. The molecule has 0 amide bonds.